The van der Waals surface area contributed by atoms with Gasteiger partial charge in [0.1, 0.15) is 0 Å². The standard InChI is InChI=1S/C19H20BrN3O3/c20-16-6-1-2-7-17(16)22-18(24)13-21-15-5-3-4-14(12-15)19(25)23-8-10-26-11-9-23/h1-7,12,21H,8-11,13H2,(H,22,24). The minimum atomic E-state index is -0.165. The molecule has 0 unspecified atom stereocenters. The predicted molar refractivity (Wildman–Crippen MR) is 104 cm³/mol. The summed E-state index contributed by atoms with van der Waals surface area (Å²) in [6, 6.07) is 14.6. The number of ether oxygens (including phenoxy) is 1. The van der Waals surface area contributed by atoms with E-state index in [0.717, 1.165) is 15.8 Å². The van der Waals surface area contributed by atoms with Crippen molar-refractivity contribution in [3.8, 4) is 0 Å². The number of carbonyl (C=O) groups is 2. The monoisotopic (exact) mass is 417 g/mol. The van der Waals surface area contributed by atoms with Crippen molar-refractivity contribution in [2.24, 2.45) is 0 Å². The number of rotatable bonds is 5. The lowest BCUT2D eigenvalue weighted by Gasteiger charge is -2.27. The number of benzene rings is 2. The van der Waals surface area contributed by atoms with Crippen LogP contribution in [0, 0.1) is 0 Å². The lowest BCUT2D eigenvalue weighted by molar-refractivity contribution is -0.114. The second kappa shape index (κ2) is 8.82. The normalized spacial score (nSPS) is 14.0. The Morgan fingerprint density at radius 2 is 1.85 bits per heavy atom. The van der Waals surface area contributed by atoms with E-state index >= 15 is 0 Å². The second-order valence-corrected chi connectivity index (χ2v) is 6.72. The van der Waals surface area contributed by atoms with Crippen molar-refractivity contribution in [2.45, 2.75) is 0 Å². The molecule has 7 heteroatoms. The van der Waals surface area contributed by atoms with E-state index in [2.05, 4.69) is 26.6 Å². The molecule has 0 aliphatic carbocycles. The van der Waals surface area contributed by atoms with Gasteiger partial charge in [0.25, 0.3) is 5.91 Å². The molecule has 2 aromatic rings. The fourth-order valence-corrected chi connectivity index (χ4v) is 3.03. The molecule has 136 valence electrons. The van der Waals surface area contributed by atoms with Crippen molar-refractivity contribution in [1.82, 2.24) is 4.90 Å². The molecular formula is C19H20BrN3O3. The molecule has 1 fully saturated rings. The zero-order valence-corrected chi connectivity index (χ0v) is 15.8. The maximum absolute atomic E-state index is 12.5. The Morgan fingerprint density at radius 3 is 2.62 bits per heavy atom. The molecule has 2 N–H and O–H groups in total. The van der Waals surface area contributed by atoms with E-state index in [1.54, 1.807) is 17.0 Å². The van der Waals surface area contributed by atoms with Gasteiger partial charge in [-0.15, -0.1) is 0 Å². The lowest BCUT2D eigenvalue weighted by Crippen LogP contribution is -2.40. The smallest absolute Gasteiger partial charge is 0.254 e. The van der Waals surface area contributed by atoms with E-state index in [-0.39, 0.29) is 18.4 Å². The number of halogens is 1. The third kappa shape index (κ3) is 4.83. The minimum absolute atomic E-state index is 0.0189. The van der Waals surface area contributed by atoms with E-state index in [1.165, 1.54) is 0 Å². The molecule has 0 saturated carbocycles. The first-order chi connectivity index (χ1) is 12.6. The number of carbonyl (C=O) groups excluding carboxylic acids is 2. The van der Waals surface area contributed by atoms with Crippen LogP contribution in [-0.4, -0.2) is 49.6 Å². The van der Waals surface area contributed by atoms with Crippen LogP contribution in [-0.2, 0) is 9.53 Å². The third-order valence-corrected chi connectivity index (χ3v) is 4.70. The van der Waals surface area contributed by atoms with Crippen LogP contribution in [0.2, 0.25) is 0 Å². The van der Waals surface area contributed by atoms with Crippen molar-refractivity contribution in [1.29, 1.82) is 0 Å². The zero-order valence-electron chi connectivity index (χ0n) is 14.2. The maximum Gasteiger partial charge on any atom is 0.254 e. The first kappa shape index (κ1) is 18.4. The van der Waals surface area contributed by atoms with E-state index in [4.69, 9.17) is 4.74 Å². The third-order valence-electron chi connectivity index (χ3n) is 4.01. The molecule has 0 aromatic heterocycles. The Balaban J connectivity index is 1.57. The number of amides is 2. The molecule has 2 aromatic carbocycles. The van der Waals surface area contributed by atoms with Gasteiger partial charge in [-0.1, -0.05) is 18.2 Å². The average Bonchev–Trinajstić information content (AvgIpc) is 2.68. The van der Waals surface area contributed by atoms with E-state index in [0.29, 0.717) is 31.9 Å². The summed E-state index contributed by atoms with van der Waals surface area (Å²) in [5.74, 6) is -0.184. The summed E-state index contributed by atoms with van der Waals surface area (Å²) in [7, 11) is 0. The molecule has 1 heterocycles. The SMILES string of the molecule is O=C(CNc1cccc(C(=O)N2CCOCC2)c1)Nc1ccccc1Br. The Hall–Kier alpha value is -2.38. The van der Waals surface area contributed by atoms with Crippen molar-refractivity contribution < 1.29 is 14.3 Å². The van der Waals surface area contributed by atoms with Crippen molar-refractivity contribution >= 4 is 39.1 Å². The van der Waals surface area contributed by atoms with Gasteiger partial charge in [0.2, 0.25) is 5.91 Å². The molecule has 0 spiro atoms. The van der Waals surface area contributed by atoms with Crippen LogP contribution in [0.4, 0.5) is 11.4 Å². The van der Waals surface area contributed by atoms with Gasteiger partial charge in [0.05, 0.1) is 25.4 Å². The highest BCUT2D eigenvalue weighted by molar-refractivity contribution is 9.10. The molecule has 1 saturated heterocycles. The van der Waals surface area contributed by atoms with Gasteiger partial charge in [-0.05, 0) is 46.3 Å². The van der Waals surface area contributed by atoms with Gasteiger partial charge in [0.15, 0.2) is 0 Å². The summed E-state index contributed by atoms with van der Waals surface area (Å²) in [6.07, 6.45) is 0. The Morgan fingerprint density at radius 1 is 1.08 bits per heavy atom. The summed E-state index contributed by atoms with van der Waals surface area (Å²) < 4.78 is 6.10. The Bertz CT molecular complexity index is 791. The molecular weight excluding hydrogens is 398 g/mol. The minimum Gasteiger partial charge on any atom is -0.378 e. The summed E-state index contributed by atoms with van der Waals surface area (Å²) in [6.45, 7) is 2.45. The first-order valence-electron chi connectivity index (χ1n) is 8.39. The number of hydrogen-bond acceptors (Lipinski definition) is 4. The van der Waals surface area contributed by atoms with E-state index in [9.17, 15) is 9.59 Å². The maximum atomic E-state index is 12.5. The van der Waals surface area contributed by atoms with Gasteiger partial charge >= 0.3 is 0 Å². The zero-order chi connectivity index (χ0) is 18.4. The Labute approximate surface area is 160 Å². The van der Waals surface area contributed by atoms with Crippen LogP contribution >= 0.6 is 15.9 Å². The fraction of sp³-hybridized carbons (Fsp3) is 0.263. The number of hydrogen-bond donors (Lipinski definition) is 2. The molecule has 6 nitrogen and oxygen atoms in total. The first-order valence-corrected chi connectivity index (χ1v) is 9.18. The van der Waals surface area contributed by atoms with Crippen molar-refractivity contribution in [3.05, 3.63) is 58.6 Å². The quantitative estimate of drug-likeness (QED) is 0.784. The average molecular weight is 418 g/mol. The van der Waals surface area contributed by atoms with Gasteiger partial charge in [0, 0.05) is 28.8 Å². The molecule has 3 rings (SSSR count). The van der Waals surface area contributed by atoms with Gasteiger partial charge < -0.3 is 20.3 Å². The van der Waals surface area contributed by atoms with Crippen LogP contribution in [0.25, 0.3) is 0 Å². The van der Waals surface area contributed by atoms with Crippen LogP contribution in [0.3, 0.4) is 0 Å². The van der Waals surface area contributed by atoms with E-state index in [1.807, 2.05) is 36.4 Å². The molecule has 26 heavy (non-hydrogen) atoms. The number of anilines is 2. The number of nitrogens with zero attached hydrogens (tertiary/aromatic N) is 1. The van der Waals surface area contributed by atoms with Crippen LogP contribution in [0.5, 0.6) is 0 Å². The number of nitrogens with one attached hydrogen (secondary N) is 2. The topological polar surface area (TPSA) is 70.7 Å². The largest absolute Gasteiger partial charge is 0.378 e. The molecule has 0 atom stereocenters. The van der Waals surface area contributed by atoms with Crippen LogP contribution < -0.4 is 10.6 Å². The fourth-order valence-electron chi connectivity index (χ4n) is 2.65. The summed E-state index contributed by atoms with van der Waals surface area (Å²) in [4.78, 5) is 26.4. The van der Waals surface area contributed by atoms with Gasteiger partial charge in [-0.2, -0.15) is 0 Å². The van der Waals surface area contributed by atoms with Crippen LogP contribution in [0.15, 0.2) is 53.0 Å². The number of para-hydroxylation sites is 1. The molecule has 0 bridgehead atoms. The Kier molecular flexibility index (Phi) is 6.25. The van der Waals surface area contributed by atoms with Crippen molar-refractivity contribution in [3.63, 3.8) is 0 Å². The summed E-state index contributed by atoms with van der Waals surface area (Å²) in [5.41, 5.74) is 2.05. The van der Waals surface area contributed by atoms with Crippen LogP contribution in [0.1, 0.15) is 10.4 Å². The summed E-state index contributed by atoms with van der Waals surface area (Å²) >= 11 is 3.40. The van der Waals surface area contributed by atoms with Crippen molar-refractivity contribution in [2.75, 3.05) is 43.5 Å². The highest BCUT2D eigenvalue weighted by Crippen LogP contribution is 2.21. The van der Waals surface area contributed by atoms with Gasteiger partial charge in [-0.3, -0.25) is 9.59 Å². The predicted octanol–water partition coefficient (Wildman–Crippen LogP) is 2.97. The number of morpholine rings is 1. The molecule has 2 amide bonds. The molecule has 1 aliphatic rings. The molecule has 0 radical (unpaired) electrons. The lowest BCUT2D eigenvalue weighted by atomic mass is 10.1. The van der Waals surface area contributed by atoms with Gasteiger partial charge in [-0.25, -0.2) is 0 Å². The summed E-state index contributed by atoms with van der Waals surface area (Å²) in [5, 5.41) is 5.89. The molecule has 1 aliphatic heterocycles. The second-order valence-electron chi connectivity index (χ2n) is 5.87. The highest BCUT2D eigenvalue weighted by atomic mass is 79.9. The highest BCUT2D eigenvalue weighted by Gasteiger charge is 2.18. The van der Waals surface area contributed by atoms with E-state index < -0.39 is 0 Å².